The first-order valence-corrected chi connectivity index (χ1v) is 11.3. The lowest BCUT2D eigenvalue weighted by Crippen LogP contribution is -2.23. The van der Waals surface area contributed by atoms with Crippen molar-refractivity contribution < 1.29 is 18.3 Å². The van der Waals surface area contributed by atoms with Crippen LogP contribution in [0.4, 0.5) is 14.5 Å². The van der Waals surface area contributed by atoms with Gasteiger partial charge in [-0.1, -0.05) is 41.6 Å². The van der Waals surface area contributed by atoms with E-state index in [-0.39, 0.29) is 5.69 Å². The maximum absolute atomic E-state index is 14.0. The number of aromatic nitrogens is 3. The molecule has 1 N–H and O–H groups in total. The molecule has 0 bridgehead atoms. The van der Waals surface area contributed by atoms with Gasteiger partial charge in [-0.3, -0.25) is 9.36 Å². The van der Waals surface area contributed by atoms with Gasteiger partial charge in [0.15, 0.2) is 11.0 Å². The van der Waals surface area contributed by atoms with E-state index in [2.05, 4.69) is 15.5 Å². The van der Waals surface area contributed by atoms with Crippen LogP contribution in [0.2, 0.25) is 0 Å². The number of methoxy groups -OCH3 is 1. The van der Waals surface area contributed by atoms with E-state index in [0.717, 1.165) is 28.9 Å². The number of carbonyl (C=O) groups is 1. The molecule has 0 aliphatic carbocycles. The summed E-state index contributed by atoms with van der Waals surface area (Å²) in [7, 11) is 1.59. The summed E-state index contributed by atoms with van der Waals surface area (Å²) in [5.41, 5.74) is 2.57. The van der Waals surface area contributed by atoms with Gasteiger partial charge in [0.25, 0.3) is 0 Å². The number of ether oxygens (including phenoxy) is 1. The zero-order valence-electron chi connectivity index (χ0n) is 18.8. The number of hydrogen-bond donors (Lipinski definition) is 1. The van der Waals surface area contributed by atoms with E-state index in [0.29, 0.717) is 16.7 Å². The van der Waals surface area contributed by atoms with Gasteiger partial charge in [-0.25, -0.2) is 8.78 Å². The summed E-state index contributed by atoms with van der Waals surface area (Å²) in [6.45, 7) is 3.67. The normalized spacial score (nSPS) is 11.8. The van der Waals surface area contributed by atoms with Crippen molar-refractivity contribution in [3.63, 3.8) is 0 Å². The van der Waals surface area contributed by atoms with Gasteiger partial charge >= 0.3 is 0 Å². The molecule has 4 aromatic rings. The summed E-state index contributed by atoms with van der Waals surface area (Å²) in [5, 5.41) is 11.1. The number of rotatable bonds is 7. The standard InChI is InChI=1S/C25H22F2N4O2S/c1-15-8-11-18(12-9-15)31-23(19-6-4-5-7-22(19)33-3)29-30-25(31)34-16(2)24(32)28-21-13-10-17(26)14-20(21)27/h4-14,16H,1-3H3,(H,28,32). The molecule has 34 heavy (non-hydrogen) atoms. The van der Waals surface area contributed by atoms with E-state index in [1.54, 1.807) is 14.0 Å². The lowest BCUT2D eigenvalue weighted by molar-refractivity contribution is -0.115. The second kappa shape index (κ2) is 10.0. The summed E-state index contributed by atoms with van der Waals surface area (Å²) < 4.78 is 34.5. The lowest BCUT2D eigenvalue weighted by atomic mass is 10.1. The Morgan fingerprint density at radius 2 is 1.79 bits per heavy atom. The third kappa shape index (κ3) is 4.94. The van der Waals surface area contributed by atoms with Crippen LogP contribution < -0.4 is 10.1 Å². The van der Waals surface area contributed by atoms with E-state index < -0.39 is 22.8 Å². The second-order valence-corrected chi connectivity index (χ2v) is 8.86. The number of halogens is 2. The molecule has 6 nitrogen and oxygen atoms in total. The molecule has 9 heteroatoms. The minimum absolute atomic E-state index is 0.0893. The molecule has 0 saturated carbocycles. The quantitative estimate of drug-likeness (QED) is 0.346. The van der Waals surface area contributed by atoms with Crippen LogP contribution in [0.3, 0.4) is 0 Å². The van der Waals surface area contributed by atoms with Gasteiger partial charge in [-0.05, 0) is 50.2 Å². The molecular weight excluding hydrogens is 458 g/mol. The number of carbonyl (C=O) groups excluding carboxylic acids is 1. The SMILES string of the molecule is COc1ccccc1-c1nnc(SC(C)C(=O)Nc2ccc(F)cc2F)n1-c1ccc(C)cc1. The third-order valence-corrected chi connectivity index (χ3v) is 6.16. The van der Waals surface area contributed by atoms with E-state index in [1.165, 1.54) is 17.8 Å². The molecule has 174 valence electrons. The molecule has 0 fully saturated rings. The molecule has 1 amide bonds. The number of nitrogens with zero attached hydrogens (tertiary/aromatic N) is 3. The van der Waals surface area contributed by atoms with E-state index >= 15 is 0 Å². The van der Waals surface area contributed by atoms with Crippen molar-refractivity contribution >= 4 is 23.4 Å². The smallest absolute Gasteiger partial charge is 0.237 e. The summed E-state index contributed by atoms with van der Waals surface area (Å²) in [5.74, 6) is -0.814. The Labute approximate surface area is 200 Å². The van der Waals surface area contributed by atoms with Crippen LogP contribution >= 0.6 is 11.8 Å². The minimum atomic E-state index is -0.841. The van der Waals surface area contributed by atoms with E-state index in [1.807, 2.05) is 60.0 Å². The van der Waals surface area contributed by atoms with Crippen LogP contribution in [0, 0.1) is 18.6 Å². The topological polar surface area (TPSA) is 69.0 Å². The molecule has 0 saturated heterocycles. The van der Waals surface area contributed by atoms with Gasteiger partial charge in [0.1, 0.15) is 17.4 Å². The summed E-state index contributed by atoms with van der Waals surface area (Å²) >= 11 is 1.17. The Morgan fingerprint density at radius 3 is 2.50 bits per heavy atom. The molecule has 1 unspecified atom stereocenters. The Bertz CT molecular complexity index is 1330. The highest BCUT2D eigenvalue weighted by molar-refractivity contribution is 8.00. The van der Waals surface area contributed by atoms with E-state index in [4.69, 9.17) is 4.74 Å². The number of anilines is 1. The maximum Gasteiger partial charge on any atom is 0.237 e. The molecule has 3 aromatic carbocycles. The monoisotopic (exact) mass is 480 g/mol. The maximum atomic E-state index is 14.0. The van der Waals surface area contributed by atoms with Crippen molar-refractivity contribution in [3.05, 3.63) is 83.9 Å². The Hall–Kier alpha value is -3.72. The highest BCUT2D eigenvalue weighted by Crippen LogP contribution is 2.34. The Morgan fingerprint density at radius 1 is 1.06 bits per heavy atom. The summed E-state index contributed by atoms with van der Waals surface area (Å²) in [6.07, 6.45) is 0. The predicted octanol–water partition coefficient (Wildman–Crippen LogP) is 5.65. The fraction of sp³-hybridized carbons (Fsp3) is 0.160. The Balaban J connectivity index is 1.68. The fourth-order valence-electron chi connectivity index (χ4n) is 3.31. The van der Waals surface area contributed by atoms with Gasteiger partial charge in [0, 0.05) is 11.8 Å². The summed E-state index contributed by atoms with van der Waals surface area (Å²) in [4.78, 5) is 12.8. The highest BCUT2D eigenvalue weighted by atomic mass is 32.2. The average molecular weight is 481 g/mol. The van der Waals surface area contributed by atoms with Crippen LogP contribution in [0.5, 0.6) is 5.75 Å². The zero-order chi connectivity index (χ0) is 24.2. The molecule has 0 radical (unpaired) electrons. The van der Waals surface area contributed by atoms with E-state index in [9.17, 15) is 13.6 Å². The molecule has 0 spiro atoms. The van der Waals surface area contributed by atoms with Crippen LogP contribution in [-0.4, -0.2) is 33.0 Å². The number of nitrogens with one attached hydrogen (secondary N) is 1. The molecule has 1 aromatic heterocycles. The van der Waals surface area contributed by atoms with Crippen molar-refractivity contribution in [1.82, 2.24) is 14.8 Å². The van der Waals surface area contributed by atoms with Crippen molar-refractivity contribution in [3.8, 4) is 22.8 Å². The van der Waals surface area contributed by atoms with Crippen LogP contribution in [0.15, 0.2) is 71.9 Å². The molecule has 1 heterocycles. The van der Waals surface area contributed by atoms with Gasteiger partial charge in [0.2, 0.25) is 5.91 Å². The van der Waals surface area contributed by atoms with Crippen molar-refractivity contribution in [1.29, 1.82) is 0 Å². The van der Waals surface area contributed by atoms with Crippen molar-refractivity contribution in [2.75, 3.05) is 12.4 Å². The summed E-state index contributed by atoms with van der Waals surface area (Å²) in [6, 6.07) is 18.3. The van der Waals surface area contributed by atoms with Crippen LogP contribution in [0.25, 0.3) is 17.1 Å². The molecule has 4 rings (SSSR count). The third-order valence-electron chi connectivity index (χ3n) is 5.11. The molecular formula is C25H22F2N4O2S. The fourth-order valence-corrected chi connectivity index (χ4v) is 4.18. The zero-order valence-corrected chi connectivity index (χ0v) is 19.6. The number of hydrogen-bond acceptors (Lipinski definition) is 5. The largest absolute Gasteiger partial charge is 0.496 e. The van der Waals surface area contributed by atoms with Crippen LogP contribution in [-0.2, 0) is 4.79 Å². The highest BCUT2D eigenvalue weighted by Gasteiger charge is 2.24. The molecule has 1 atom stereocenters. The first-order valence-electron chi connectivity index (χ1n) is 10.5. The minimum Gasteiger partial charge on any atom is -0.496 e. The Kier molecular flexibility index (Phi) is 6.93. The van der Waals surface area contributed by atoms with Crippen LogP contribution in [0.1, 0.15) is 12.5 Å². The number of para-hydroxylation sites is 1. The van der Waals surface area contributed by atoms with Gasteiger partial charge in [-0.15, -0.1) is 10.2 Å². The number of thioether (sulfide) groups is 1. The molecule has 0 aliphatic rings. The van der Waals surface area contributed by atoms with Gasteiger partial charge in [-0.2, -0.15) is 0 Å². The number of aryl methyl sites for hydroxylation is 1. The van der Waals surface area contributed by atoms with Gasteiger partial charge in [0.05, 0.1) is 23.6 Å². The average Bonchev–Trinajstić information content (AvgIpc) is 3.24. The first kappa shape index (κ1) is 23.4. The van der Waals surface area contributed by atoms with Crippen molar-refractivity contribution in [2.45, 2.75) is 24.3 Å². The predicted molar refractivity (Wildman–Crippen MR) is 128 cm³/mol. The number of amides is 1. The van der Waals surface area contributed by atoms with Crippen molar-refractivity contribution in [2.24, 2.45) is 0 Å². The molecule has 0 aliphatic heterocycles. The lowest BCUT2D eigenvalue weighted by Gasteiger charge is -2.15. The van der Waals surface area contributed by atoms with Gasteiger partial charge < -0.3 is 10.1 Å². The second-order valence-electron chi connectivity index (χ2n) is 7.55. The first-order chi connectivity index (χ1) is 16.4. The number of benzene rings is 3.